The third-order valence-corrected chi connectivity index (χ3v) is 13.7. The highest BCUT2D eigenvalue weighted by Gasteiger charge is 2.37. The maximum Gasteiger partial charge on any atom is 0.328 e. The van der Waals surface area contributed by atoms with E-state index >= 15 is 0 Å². The van der Waals surface area contributed by atoms with Gasteiger partial charge in [0.25, 0.3) is 11.8 Å². The van der Waals surface area contributed by atoms with Gasteiger partial charge in [0.1, 0.15) is 34.6 Å². The van der Waals surface area contributed by atoms with Crippen molar-refractivity contribution in [2.75, 3.05) is 60.6 Å². The topological polar surface area (TPSA) is 215 Å². The third kappa shape index (κ3) is 12.0. The summed E-state index contributed by atoms with van der Waals surface area (Å²) in [5.74, 6) is -4.22. The molecule has 4 heterocycles. The Morgan fingerprint density at radius 1 is 0.636 bits per heavy atom. The number of carbonyl (C=O) groups excluding carboxylic acids is 4. The first-order chi connectivity index (χ1) is 36.6. The molecule has 0 unspecified atom stereocenters. The molecule has 0 aliphatic carbocycles. The molecule has 4 aromatic carbocycles. The molecule has 406 valence electrons. The summed E-state index contributed by atoms with van der Waals surface area (Å²) >= 11 is 0. The van der Waals surface area contributed by atoms with Crippen LogP contribution in [0.25, 0.3) is 22.5 Å². The van der Waals surface area contributed by atoms with Gasteiger partial charge in [-0.3, -0.25) is 9.59 Å². The first-order valence-electron chi connectivity index (χ1n) is 25.0. The van der Waals surface area contributed by atoms with Crippen LogP contribution in [0.4, 0.5) is 56.1 Å². The van der Waals surface area contributed by atoms with E-state index in [0.29, 0.717) is 83.2 Å². The number of nitrogens with zero attached hydrogens (tertiary/aromatic N) is 8. The largest absolute Gasteiger partial charge is 0.353 e. The summed E-state index contributed by atoms with van der Waals surface area (Å²) in [4.78, 5) is 74.7. The summed E-state index contributed by atoms with van der Waals surface area (Å²) in [6.45, 7) is 18.4. The Balaban J connectivity index is 0.000000224. The van der Waals surface area contributed by atoms with E-state index in [1.165, 1.54) is 6.07 Å². The lowest BCUT2D eigenvalue weighted by atomic mass is 9.97. The molecule has 2 aromatic heterocycles. The normalized spacial score (nSPS) is 13.0. The van der Waals surface area contributed by atoms with Gasteiger partial charge in [0, 0.05) is 84.9 Å². The second kappa shape index (κ2) is 23.9. The highest BCUT2D eigenvalue weighted by molar-refractivity contribution is 7.90. The Morgan fingerprint density at radius 3 is 1.45 bits per heavy atom. The molecule has 6 aromatic rings. The predicted octanol–water partition coefficient (Wildman–Crippen LogP) is 8.96. The summed E-state index contributed by atoms with van der Waals surface area (Å²) < 4.78 is 84.4. The summed E-state index contributed by atoms with van der Waals surface area (Å²) in [5.41, 5.74) is 3.50. The van der Waals surface area contributed by atoms with Crippen LogP contribution in [0.5, 0.6) is 0 Å². The Kier molecular flexibility index (Phi) is 17.6. The molecule has 8 rings (SSSR count). The van der Waals surface area contributed by atoms with Crippen molar-refractivity contribution in [2.45, 2.75) is 79.7 Å². The monoisotopic (exact) mass is 1080 g/mol. The number of aryl methyl sites for hydroxylation is 2. The highest BCUT2D eigenvalue weighted by Crippen LogP contribution is 2.41. The van der Waals surface area contributed by atoms with Crippen LogP contribution in [0, 0.1) is 37.1 Å². The van der Waals surface area contributed by atoms with Gasteiger partial charge >= 0.3 is 12.1 Å². The lowest BCUT2D eigenvalue weighted by Gasteiger charge is -2.31. The molecule has 2 aliphatic rings. The van der Waals surface area contributed by atoms with E-state index in [-0.39, 0.29) is 59.8 Å². The molecule has 0 bridgehead atoms. The number of carbonyl (C=O) groups is 4. The van der Waals surface area contributed by atoms with Crippen LogP contribution in [0.15, 0.2) is 78.0 Å². The molecule has 0 radical (unpaired) electrons. The lowest BCUT2D eigenvalue weighted by Crippen LogP contribution is -2.43. The molecule has 0 fully saturated rings. The fraction of sp³-hybridized carbons (Fsp3) is 0.333. The molecule has 23 heteroatoms. The fourth-order valence-corrected chi connectivity index (χ4v) is 9.26. The Morgan fingerprint density at radius 2 is 1.05 bits per heavy atom. The number of rotatable bonds is 16. The number of hydrogen-bond donors (Lipinski definition) is 4. The smallest absolute Gasteiger partial charge is 0.328 e. The number of para-hydroxylation sites is 2. The minimum absolute atomic E-state index is 0.0406. The van der Waals surface area contributed by atoms with Gasteiger partial charge in [-0.15, -0.1) is 0 Å². The summed E-state index contributed by atoms with van der Waals surface area (Å²) in [6, 6.07) is 15.5. The summed E-state index contributed by atoms with van der Waals surface area (Å²) in [7, 11) is -4.01. The predicted molar refractivity (Wildman–Crippen MR) is 285 cm³/mol. The second-order valence-corrected chi connectivity index (χ2v) is 20.2. The summed E-state index contributed by atoms with van der Waals surface area (Å²) in [6.07, 6.45) is 0.891. The van der Waals surface area contributed by atoms with Crippen molar-refractivity contribution in [3.05, 3.63) is 129 Å². The molecule has 0 atom stereocenters. The number of hydrogen-bond acceptors (Lipinski definition) is 12. The molecule has 77 heavy (non-hydrogen) atoms. The molecule has 0 saturated carbocycles. The van der Waals surface area contributed by atoms with E-state index in [1.54, 1.807) is 47.1 Å². The number of halogens is 4. The molecule has 0 spiro atoms. The van der Waals surface area contributed by atoms with Crippen LogP contribution in [0.2, 0.25) is 0 Å². The number of nitrogens with one attached hydrogen (secondary N) is 4. The van der Waals surface area contributed by atoms with E-state index in [1.807, 2.05) is 54.5 Å². The van der Waals surface area contributed by atoms with Gasteiger partial charge in [0.05, 0.1) is 24.5 Å². The number of aromatic nitrogens is 4. The van der Waals surface area contributed by atoms with Crippen molar-refractivity contribution in [3.8, 4) is 22.5 Å². The van der Waals surface area contributed by atoms with E-state index in [4.69, 9.17) is 4.98 Å². The van der Waals surface area contributed by atoms with E-state index in [0.717, 1.165) is 47.1 Å². The van der Waals surface area contributed by atoms with Crippen LogP contribution < -0.4 is 31.1 Å². The average molecular weight is 1080 g/mol. The van der Waals surface area contributed by atoms with Crippen molar-refractivity contribution in [1.82, 2.24) is 45.7 Å². The number of benzene rings is 4. The van der Waals surface area contributed by atoms with Crippen LogP contribution >= 0.6 is 0 Å². The highest BCUT2D eigenvalue weighted by atomic mass is 32.2. The zero-order valence-electron chi connectivity index (χ0n) is 44.1. The molecular formula is C54H60F4N12O6S. The maximum absolute atomic E-state index is 14.9. The number of urea groups is 2. The molecule has 4 N–H and O–H groups in total. The quantitative estimate of drug-likeness (QED) is 0.0406. The van der Waals surface area contributed by atoms with Crippen LogP contribution in [-0.4, -0.2) is 114 Å². The standard InChI is InChI=1S/C29H35F2N7O2.C25H25F2N5O4S/c1-6-37(7-2)27(39)19-12-11-18(5)20(15-19)24-21-16-34-29(40)38(25-22(30)9-8-10-23(25)31)26(21)36-28(35-24)33-14-13-32-17(3)4;1-5-31(6-2)23(33)15-11-10-14(3)16(12-15)20-17-13-28-25(34)32(21-18(26)8-7-9-19(21)27)22(17)30-24(29-20)37(4,35)36/h8-12,15,17,32H,6-7,13-14,16H2,1-5H3,(H,34,40)(H,33,35,36);7-12H,5-6,13H2,1-4H3,(H,28,34). The lowest BCUT2D eigenvalue weighted by molar-refractivity contribution is 0.0765. The van der Waals surface area contributed by atoms with Gasteiger partial charge in [-0.25, -0.2) is 55.3 Å². The van der Waals surface area contributed by atoms with Crippen LogP contribution in [-0.2, 0) is 22.9 Å². The van der Waals surface area contributed by atoms with Crippen LogP contribution in [0.3, 0.4) is 0 Å². The first-order valence-corrected chi connectivity index (χ1v) is 26.9. The summed E-state index contributed by atoms with van der Waals surface area (Å²) in [5, 5.41) is 11.1. The van der Waals surface area contributed by atoms with Gasteiger partial charge in [-0.1, -0.05) is 38.1 Å². The van der Waals surface area contributed by atoms with Crippen molar-refractivity contribution in [3.63, 3.8) is 0 Å². The molecule has 0 saturated heterocycles. The Hall–Kier alpha value is -8.05. The van der Waals surface area contributed by atoms with Gasteiger partial charge in [-0.05, 0) is 101 Å². The maximum atomic E-state index is 14.9. The van der Waals surface area contributed by atoms with Crippen molar-refractivity contribution in [1.29, 1.82) is 0 Å². The van der Waals surface area contributed by atoms with E-state index < -0.39 is 61.7 Å². The third-order valence-electron chi connectivity index (χ3n) is 12.8. The second-order valence-electron chi connectivity index (χ2n) is 18.3. The van der Waals surface area contributed by atoms with Crippen molar-refractivity contribution in [2.24, 2.45) is 0 Å². The zero-order valence-corrected chi connectivity index (χ0v) is 44.9. The number of sulfone groups is 1. The average Bonchev–Trinajstić information content (AvgIpc) is 3.40. The van der Waals surface area contributed by atoms with Gasteiger partial charge in [0.2, 0.25) is 20.9 Å². The van der Waals surface area contributed by atoms with Gasteiger partial charge in [0.15, 0.2) is 11.6 Å². The van der Waals surface area contributed by atoms with Crippen molar-refractivity contribution >= 4 is 62.7 Å². The Bertz CT molecular complexity index is 3340. The minimum atomic E-state index is -4.01. The fourth-order valence-electron chi connectivity index (χ4n) is 8.75. The first kappa shape index (κ1) is 56.7. The zero-order chi connectivity index (χ0) is 56.0. The number of amides is 6. The minimum Gasteiger partial charge on any atom is -0.353 e. The van der Waals surface area contributed by atoms with Crippen LogP contribution in [0.1, 0.15) is 84.5 Å². The molecule has 6 amide bonds. The van der Waals surface area contributed by atoms with E-state index in [9.17, 15) is 45.2 Å². The molecule has 18 nitrogen and oxygen atoms in total. The SMILES string of the molecule is CCN(CC)C(=O)c1ccc(C)c(-c2nc(NCCNC(C)C)nc3c2CNC(=O)N3c2c(F)cccc2F)c1.CCN(CC)C(=O)c1ccc(C)c(-c2nc(S(C)(=O)=O)nc3c2CNC(=O)N3c2c(F)cccc2F)c1. The molecular weight excluding hydrogens is 1020 g/mol. The van der Waals surface area contributed by atoms with Crippen molar-refractivity contribution < 1.29 is 45.2 Å². The van der Waals surface area contributed by atoms with Gasteiger partial charge < -0.3 is 31.1 Å². The number of anilines is 5. The van der Waals surface area contributed by atoms with E-state index in [2.05, 4.69) is 36.2 Å². The number of fused-ring (bicyclic) bond motifs is 2. The molecule has 2 aliphatic heterocycles. The Labute approximate surface area is 444 Å². The van der Waals surface area contributed by atoms with Gasteiger partial charge in [-0.2, -0.15) is 9.97 Å².